The molecule has 1 amide bonds. The Labute approximate surface area is 119 Å². The Bertz CT molecular complexity index is 469. The highest BCUT2D eigenvalue weighted by molar-refractivity contribution is 5.90. The molecule has 0 spiro atoms. The molecule has 0 aromatic heterocycles. The number of rotatable bonds is 7. The van der Waals surface area contributed by atoms with Crippen molar-refractivity contribution in [1.82, 2.24) is 10.6 Å². The van der Waals surface area contributed by atoms with E-state index in [4.69, 9.17) is 4.74 Å². The molecule has 108 valence electrons. The molecule has 0 fully saturated rings. The second kappa shape index (κ2) is 8.74. The molecule has 1 rings (SSSR count). The number of ether oxygens (including phenoxy) is 1. The Hall–Kier alpha value is -2.30. The van der Waals surface area contributed by atoms with E-state index < -0.39 is 5.97 Å². The van der Waals surface area contributed by atoms with E-state index in [0.29, 0.717) is 13.2 Å². The molecular weight excluding hydrogens is 256 g/mol. The fraction of sp³-hybridized carbons (Fsp3) is 0.333. The molecule has 0 aliphatic heterocycles. The second-order valence-electron chi connectivity index (χ2n) is 4.19. The fourth-order valence-electron chi connectivity index (χ4n) is 1.51. The van der Waals surface area contributed by atoms with Gasteiger partial charge in [-0.15, -0.1) is 0 Å². The van der Waals surface area contributed by atoms with Crippen LogP contribution >= 0.6 is 0 Å². The number of benzene rings is 1. The van der Waals surface area contributed by atoms with E-state index in [-0.39, 0.29) is 12.5 Å². The summed E-state index contributed by atoms with van der Waals surface area (Å²) in [6, 6.07) is 9.88. The maximum Gasteiger partial charge on any atom is 0.325 e. The smallest absolute Gasteiger partial charge is 0.325 e. The molecule has 20 heavy (non-hydrogen) atoms. The van der Waals surface area contributed by atoms with Crippen molar-refractivity contribution < 1.29 is 14.3 Å². The Morgan fingerprint density at radius 1 is 1.20 bits per heavy atom. The normalized spacial score (nSPS) is 10.8. The summed E-state index contributed by atoms with van der Waals surface area (Å²) in [5.41, 5.74) is 1.86. The first-order valence-electron chi connectivity index (χ1n) is 6.51. The molecule has 5 heteroatoms. The van der Waals surface area contributed by atoms with E-state index in [1.807, 2.05) is 30.3 Å². The number of hydrogen-bond acceptors (Lipinski definition) is 4. The standard InChI is InChI=1S/C15H20N2O3/c1-3-20-15(19)11-17-14(18)9-12(2)16-10-13-7-5-4-6-8-13/h4-9,16H,3,10-11H2,1-2H3,(H,17,18)/b12-9-. The molecular formula is C15H20N2O3. The number of carbonyl (C=O) groups excluding carboxylic acids is 2. The minimum atomic E-state index is -0.441. The van der Waals surface area contributed by atoms with E-state index in [1.165, 1.54) is 6.08 Å². The van der Waals surface area contributed by atoms with Gasteiger partial charge in [-0.25, -0.2) is 0 Å². The zero-order chi connectivity index (χ0) is 14.8. The quantitative estimate of drug-likeness (QED) is 0.583. The van der Waals surface area contributed by atoms with E-state index in [1.54, 1.807) is 13.8 Å². The fourth-order valence-corrected chi connectivity index (χ4v) is 1.51. The lowest BCUT2D eigenvalue weighted by atomic mass is 10.2. The van der Waals surface area contributed by atoms with Crippen molar-refractivity contribution in [3.63, 3.8) is 0 Å². The molecule has 1 aromatic rings. The van der Waals surface area contributed by atoms with E-state index >= 15 is 0 Å². The predicted octanol–water partition coefficient (Wildman–Crippen LogP) is 1.36. The van der Waals surface area contributed by atoms with Gasteiger partial charge in [0.25, 0.3) is 0 Å². The minimum absolute atomic E-state index is 0.116. The van der Waals surface area contributed by atoms with Gasteiger partial charge in [-0.1, -0.05) is 30.3 Å². The number of nitrogens with one attached hydrogen (secondary N) is 2. The summed E-state index contributed by atoms with van der Waals surface area (Å²) >= 11 is 0. The zero-order valence-corrected chi connectivity index (χ0v) is 11.8. The van der Waals surface area contributed by atoms with Gasteiger partial charge in [0, 0.05) is 18.3 Å². The summed E-state index contributed by atoms with van der Waals surface area (Å²) in [5.74, 6) is -0.764. The minimum Gasteiger partial charge on any atom is -0.465 e. The first-order chi connectivity index (χ1) is 9.61. The van der Waals surface area contributed by atoms with Crippen LogP contribution in [0.4, 0.5) is 0 Å². The molecule has 1 aromatic carbocycles. The molecule has 0 bridgehead atoms. The SMILES string of the molecule is CCOC(=O)CNC(=O)/C=C(/C)NCc1ccccc1. The van der Waals surface area contributed by atoms with Gasteiger partial charge >= 0.3 is 5.97 Å². The first-order valence-corrected chi connectivity index (χ1v) is 6.51. The number of esters is 1. The summed E-state index contributed by atoms with van der Waals surface area (Å²) < 4.78 is 4.71. The molecule has 5 nitrogen and oxygen atoms in total. The van der Waals surface area contributed by atoms with Gasteiger partial charge in [0.1, 0.15) is 6.54 Å². The average Bonchev–Trinajstić information content (AvgIpc) is 2.44. The van der Waals surface area contributed by atoms with Gasteiger partial charge in [-0.3, -0.25) is 9.59 Å². The largest absolute Gasteiger partial charge is 0.465 e. The van der Waals surface area contributed by atoms with Crippen LogP contribution in [0.3, 0.4) is 0 Å². The summed E-state index contributed by atoms with van der Waals surface area (Å²) in [5, 5.41) is 5.59. The molecule has 0 aliphatic carbocycles. The molecule has 0 atom stereocenters. The van der Waals surface area contributed by atoms with Gasteiger partial charge in [0.15, 0.2) is 0 Å². The second-order valence-corrected chi connectivity index (χ2v) is 4.19. The van der Waals surface area contributed by atoms with Crippen molar-refractivity contribution in [2.75, 3.05) is 13.2 Å². The number of allylic oxidation sites excluding steroid dienone is 1. The van der Waals surface area contributed by atoms with Gasteiger partial charge in [0.05, 0.1) is 6.61 Å². The third-order valence-corrected chi connectivity index (χ3v) is 2.47. The maximum atomic E-state index is 11.5. The third-order valence-electron chi connectivity index (χ3n) is 2.47. The number of hydrogen-bond donors (Lipinski definition) is 2. The van der Waals surface area contributed by atoms with Crippen LogP contribution in [0.2, 0.25) is 0 Å². The highest BCUT2D eigenvalue weighted by Crippen LogP contribution is 1.99. The van der Waals surface area contributed by atoms with Gasteiger partial charge in [-0.2, -0.15) is 0 Å². The van der Waals surface area contributed by atoms with Crippen molar-refractivity contribution in [2.24, 2.45) is 0 Å². The third kappa shape index (κ3) is 6.58. The summed E-state index contributed by atoms with van der Waals surface area (Å²) in [4.78, 5) is 22.6. The summed E-state index contributed by atoms with van der Waals surface area (Å²) in [6.07, 6.45) is 1.42. The lowest BCUT2D eigenvalue weighted by Gasteiger charge is -2.07. The zero-order valence-electron chi connectivity index (χ0n) is 11.8. The van der Waals surface area contributed by atoms with Crippen LogP contribution in [0, 0.1) is 0 Å². The predicted molar refractivity (Wildman–Crippen MR) is 76.7 cm³/mol. The Kier molecular flexibility index (Phi) is 6.89. The molecule has 0 unspecified atom stereocenters. The molecule has 2 N–H and O–H groups in total. The molecule has 0 radical (unpaired) electrons. The maximum absolute atomic E-state index is 11.5. The van der Waals surface area contributed by atoms with Crippen molar-refractivity contribution in [3.8, 4) is 0 Å². The van der Waals surface area contributed by atoms with Crippen LogP contribution in [-0.2, 0) is 20.9 Å². The van der Waals surface area contributed by atoms with Crippen molar-refractivity contribution in [3.05, 3.63) is 47.7 Å². The van der Waals surface area contributed by atoms with Crippen molar-refractivity contribution in [2.45, 2.75) is 20.4 Å². The van der Waals surface area contributed by atoms with E-state index in [9.17, 15) is 9.59 Å². The van der Waals surface area contributed by atoms with Gasteiger partial charge in [-0.05, 0) is 19.4 Å². The Morgan fingerprint density at radius 3 is 2.55 bits per heavy atom. The van der Waals surface area contributed by atoms with Gasteiger partial charge < -0.3 is 15.4 Å². The van der Waals surface area contributed by atoms with Crippen LogP contribution in [0.25, 0.3) is 0 Å². The van der Waals surface area contributed by atoms with Crippen LogP contribution in [0.1, 0.15) is 19.4 Å². The van der Waals surface area contributed by atoms with Crippen LogP contribution in [0.15, 0.2) is 42.1 Å². The van der Waals surface area contributed by atoms with Crippen LogP contribution < -0.4 is 10.6 Å². The first kappa shape index (κ1) is 15.8. The summed E-state index contributed by atoms with van der Waals surface area (Å²) in [6.45, 7) is 4.36. The summed E-state index contributed by atoms with van der Waals surface area (Å²) in [7, 11) is 0. The topological polar surface area (TPSA) is 67.4 Å². The average molecular weight is 276 g/mol. The lowest BCUT2D eigenvalue weighted by molar-refractivity contribution is -0.143. The monoisotopic (exact) mass is 276 g/mol. The molecule has 0 aliphatic rings. The molecule has 0 saturated carbocycles. The van der Waals surface area contributed by atoms with Gasteiger partial charge in [0.2, 0.25) is 5.91 Å². The van der Waals surface area contributed by atoms with Crippen LogP contribution in [0.5, 0.6) is 0 Å². The van der Waals surface area contributed by atoms with Crippen LogP contribution in [-0.4, -0.2) is 25.0 Å². The van der Waals surface area contributed by atoms with E-state index in [0.717, 1.165) is 11.3 Å². The molecule has 0 saturated heterocycles. The van der Waals surface area contributed by atoms with Crippen molar-refractivity contribution in [1.29, 1.82) is 0 Å². The molecule has 0 heterocycles. The van der Waals surface area contributed by atoms with E-state index in [2.05, 4.69) is 10.6 Å². The number of amides is 1. The lowest BCUT2D eigenvalue weighted by Crippen LogP contribution is -2.30. The number of carbonyl (C=O) groups is 2. The Balaban J connectivity index is 2.32. The van der Waals surface area contributed by atoms with Crippen molar-refractivity contribution >= 4 is 11.9 Å². The Morgan fingerprint density at radius 2 is 1.90 bits per heavy atom. The highest BCUT2D eigenvalue weighted by atomic mass is 16.5. The highest BCUT2D eigenvalue weighted by Gasteiger charge is 2.03.